The molecule has 15 heavy (non-hydrogen) atoms. The van der Waals surface area contributed by atoms with E-state index in [4.69, 9.17) is 0 Å². The largest absolute Gasteiger partial charge is 0.465 e. The lowest BCUT2D eigenvalue weighted by Gasteiger charge is -2.17. The first kappa shape index (κ1) is 13.5. The second kappa shape index (κ2) is 6.86. The molecule has 0 aromatic rings. The molecule has 0 rings (SSSR count). The highest BCUT2D eigenvalue weighted by Gasteiger charge is 2.09. The van der Waals surface area contributed by atoms with Crippen molar-refractivity contribution in [2.75, 3.05) is 26.7 Å². The van der Waals surface area contributed by atoms with Crippen LogP contribution in [-0.4, -0.2) is 43.6 Å². The molecule has 1 N–H and O–H groups in total. The SMILES string of the molecule is C=C(C)CN(C)C(=O)NCC(=O)OCC. The smallest absolute Gasteiger partial charge is 0.325 e. The number of carbonyl (C=O) groups excluding carboxylic acids is 2. The number of likely N-dealkylation sites (N-methyl/N-ethyl adjacent to an activating group) is 1. The van der Waals surface area contributed by atoms with Crippen LogP contribution in [0, 0.1) is 0 Å². The van der Waals surface area contributed by atoms with Crippen molar-refractivity contribution in [2.24, 2.45) is 0 Å². The summed E-state index contributed by atoms with van der Waals surface area (Å²) >= 11 is 0. The number of urea groups is 1. The Labute approximate surface area is 90.1 Å². The van der Waals surface area contributed by atoms with Gasteiger partial charge in [0.15, 0.2) is 0 Å². The van der Waals surface area contributed by atoms with Gasteiger partial charge in [0, 0.05) is 13.6 Å². The maximum Gasteiger partial charge on any atom is 0.325 e. The van der Waals surface area contributed by atoms with Crippen molar-refractivity contribution in [3.8, 4) is 0 Å². The quantitative estimate of drug-likeness (QED) is 0.543. The lowest BCUT2D eigenvalue weighted by Crippen LogP contribution is -2.40. The molecule has 0 aromatic carbocycles. The number of rotatable bonds is 5. The number of nitrogens with zero attached hydrogens (tertiary/aromatic N) is 1. The first-order chi connectivity index (χ1) is 6.97. The molecule has 2 amide bonds. The van der Waals surface area contributed by atoms with Gasteiger partial charge in [0.05, 0.1) is 6.61 Å². The monoisotopic (exact) mass is 214 g/mol. The van der Waals surface area contributed by atoms with Gasteiger partial charge in [0.2, 0.25) is 0 Å². The minimum atomic E-state index is -0.436. The molecule has 0 aliphatic carbocycles. The number of hydrogen-bond acceptors (Lipinski definition) is 3. The summed E-state index contributed by atoms with van der Waals surface area (Å²) in [6.45, 7) is 7.91. The molecule has 0 aromatic heterocycles. The average molecular weight is 214 g/mol. The maximum atomic E-state index is 11.4. The molecular formula is C10H18N2O3. The third kappa shape index (κ3) is 6.54. The highest BCUT2D eigenvalue weighted by molar-refractivity contribution is 5.80. The van der Waals surface area contributed by atoms with Crippen LogP contribution in [0.4, 0.5) is 4.79 Å². The van der Waals surface area contributed by atoms with Crippen LogP contribution in [0.1, 0.15) is 13.8 Å². The van der Waals surface area contributed by atoms with E-state index in [0.717, 1.165) is 5.57 Å². The molecule has 0 aliphatic rings. The van der Waals surface area contributed by atoms with E-state index in [1.165, 1.54) is 4.90 Å². The van der Waals surface area contributed by atoms with Gasteiger partial charge in [-0.1, -0.05) is 12.2 Å². The molecule has 0 spiro atoms. The predicted octanol–water partition coefficient (Wildman–Crippen LogP) is 0.767. The predicted molar refractivity (Wildman–Crippen MR) is 57.5 cm³/mol. The number of esters is 1. The van der Waals surface area contributed by atoms with E-state index in [0.29, 0.717) is 13.2 Å². The molecule has 0 saturated carbocycles. The van der Waals surface area contributed by atoms with Gasteiger partial charge >= 0.3 is 12.0 Å². The fourth-order valence-electron chi connectivity index (χ4n) is 0.971. The molecule has 0 radical (unpaired) electrons. The van der Waals surface area contributed by atoms with Crippen molar-refractivity contribution in [1.82, 2.24) is 10.2 Å². The first-order valence-corrected chi connectivity index (χ1v) is 4.76. The van der Waals surface area contributed by atoms with Gasteiger partial charge in [-0.2, -0.15) is 0 Å². The van der Waals surface area contributed by atoms with Crippen molar-refractivity contribution < 1.29 is 14.3 Å². The van der Waals surface area contributed by atoms with E-state index < -0.39 is 5.97 Å². The fraction of sp³-hybridized carbons (Fsp3) is 0.600. The highest BCUT2D eigenvalue weighted by Crippen LogP contribution is 1.92. The summed E-state index contributed by atoms with van der Waals surface area (Å²) in [5.74, 6) is -0.436. The van der Waals surface area contributed by atoms with Crippen molar-refractivity contribution in [3.05, 3.63) is 12.2 Å². The fourth-order valence-corrected chi connectivity index (χ4v) is 0.971. The molecule has 86 valence electrons. The van der Waals surface area contributed by atoms with Gasteiger partial charge < -0.3 is 15.0 Å². The van der Waals surface area contributed by atoms with Gasteiger partial charge in [-0.25, -0.2) is 4.79 Å². The second-order valence-corrected chi connectivity index (χ2v) is 3.28. The minimum absolute atomic E-state index is 0.104. The van der Waals surface area contributed by atoms with Crippen molar-refractivity contribution in [3.63, 3.8) is 0 Å². The molecule has 0 unspecified atom stereocenters. The van der Waals surface area contributed by atoms with Crippen molar-refractivity contribution in [2.45, 2.75) is 13.8 Å². The lowest BCUT2D eigenvalue weighted by molar-refractivity contribution is -0.141. The van der Waals surface area contributed by atoms with E-state index in [1.54, 1.807) is 14.0 Å². The number of hydrogen-bond donors (Lipinski definition) is 1. The number of ether oxygens (including phenoxy) is 1. The van der Waals surface area contributed by atoms with Crippen LogP contribution in [0.5, 0.6) is 0 Å². The van der Waals surface area contributed by atoms with Crippen LogP contribution < -0.4 is 5.32 Å². The van der Waals surface area contributed by atoms with Crippen molar-refractivity contribution in [1.29, 1.82) is 0 Å². The summed E-state index contributed by atoms with van der Waals surface area (Å²) < 4.78 is 4.66. The number of carbonyl (C=O) groups is 2. The Morgan fingerprint density at radius 3 is 2.53 bits per heavy atom. The summed E-state index contributed by atoms with van der Waals surface area (Å²) in [7, 11) is 1.63. The van der Waals surface area contributed by atoms with Gasteiger partial charge in [-0.15, -0.1) is 0 Å². The Kier molecular flexibility index (Phi) is 6.17. The topological polar surface area (TPSA) is 58.6 Å². The summed E-state index contributed by atoms with van der Waals surface area (Å²) in [4.78, 5) is 23.7. The maximum absolute atomic E-state index is 11.4. The van der Waals surface area contributed by atoms with E-state index >= 15 is 0 Å². The Hall–Kier alpha value is -1.52. The molecule has 5 nitrogen and oxygen atoms in total. The van der Waals surface area contributed by atoms with Gasteiger partial charge in [-0.3, -0.25) is 4.79 Å². The number of amides is 2. The first-order valence-electron chi connectivity index (χ1n) is 4.76. The summed E-state index contributed by atoms with van der Waals surface area (Å²) in [5.41, 5.74) is 0.879. The van der Waals surface area contributed by atoms with E-state index in [2.05, 4.69) is 16.6 Å². The molecular weight excluding hydrogens is 196 g/mol. The standard InChI is InChI=1S/C10H18N2O3/c1-5-15-9(13)6-11-10(14)12(4)7-8(2)3/h2,5-7H2,1,3-4H3,(H,11,14). The summed E-state index contributed by atoms with van der Waals surface area (Å²) in [6, 6.07) is -0.314. The summed E-state index contributed by atoms with van der Waals surface area (Å²) in [5, 5.41) is 2.44. The van der Waals surface area contributed by atoms with Crippen LogP contribution in [0.3, 0.4) is 0 Å². The number of nitrogens with one attached hydrogen (secondary N) is 1. The average Bonchev–Trinajstić information content (AvgIpc) is 2.13. The summed E-state index contributed by atoms with van der Waals surface area (Å²) in [6.07, 6.45) is 0. The lowest BCUT2D eigenvalue weighted by atomic mass is 10.3. The third-order valence-corrected chi connectivity index (χ3v) is 1.54. The van der Waals surface area contributed by atoms with E-state index in [1.807, 2.05) is 6.92 Å². The zero-order valence-electron chi connectivity index (χ0n) is 9.50. The zero-order valence-corrected chi connectivity index (χ0v) is 9.50. The molecule has 5 heteroatoms. The highest BCUT2D eigenvalue weighted by atomic mass is 16.5. The van der Waals surface area contributed by atoms with Gasteiger partial charge in [0.1, 0.15) is 6.54 Å². The van der Waals surface area contributed by atoms with Crippen LogP contribution in [0.25, 0.3) is 0 Å². The normalized spacial score (nSPS) is 9.27. The van der Waals surface area contributed by atoms with Crippen LogP contribution in [0.15, 0.2) is 12.2 Å². The van der Waals surface area contributed by atoms with E-state index in [9.17, 15) is 9.59 Å². The van der Waals surface area contributed by atoms with Gasteiger partial charge in [0.25, 0.3) is 0 Å². The van der Waals surface area contributed by atoms with Crippen LogP contribution >= 0.6 is 0 Å². The molecule has 0 heterocycles. The Bertz CT molecular complexity index is 251. The molecule has 0 aliphatic heterocycles. The van der Waals surface area contributed by atoms with Crippen LogP contribution in [-0.2, 0) is 9.53 Å². The van der Waals surface area contributed by atoms with Crippen LogP contribution in [0.2, 0.25) is 0 Å². The Morgan fingerprint density at radius 1 is 1.47 bits per heavy atom. The Morgan fingerprint density at radius 2 is 2.07 bits per heavy atom. The zero-order chi connectivity index (χ0) is 11.8. The molecule has 0 fully saturated rings. The molecule has 0 atom stereocenters. The Balaban J connectivity index is 3.82. The van der Waals surface area contributed by atoms with Crippen molar-refractivity contribution >= 4 is 12.0 Å². The molecule has 0 saturated heterocycles. The molecule has 0 bridgehead atoms. The van der Waals surface area contributed by atoms with Gasteiger partial charge in [-0.05, 0) is 13.8 Å². The van der Waals surface area contributed by atoms with E-state index in [-0.39, 0.29) is 12.6 Å². The third-order valence-electron chi connectivity index (χ3n) is 1.54. The second-order valence-electron chi connectivity index (χ2n) is 3.28. The minimum Gasteiger partial charge on any atom is -0.465 e.